The average molecular weight is 468 g/mol. The van der Waals surface area contributed by atoms with Crippen LogP contribution in [0.3, 0.4) is 0 Å². The molecule has 3 rings (SSSR count). The topological polar surface area (TPSA) is 57.7 Å². The third-order valence-corrected chi connectivity index (χ3v) is 4.47. The molecule has 1 saturated heterocycles. The molecule has 0 radical (unpaired) electrons. The Balaban J connectivity index is 0.00000129. The molecule has 2 aromatic carbocycles. The highest BCUT2D eigenvalue weighted by molar-refractivity contribution is 6.14. The molecular weight excluding hydrogens is 440 g/mol. The fourth-order valence-electron chi connectivity index (χ4n) is 2.93. The lowest BCUT2D eigenvalue weighted by Gasteiger charge is -2.36. The van der Waals surface area contributed by atoms with Gasteiger partial charge in [-0.3, -0.25) is 19.4 Å². The van der Waals surface area contributed by atoms with Crippen molar-refractivity contribution >= 4 is 17.8 Å². The molecule has 1 heterocycles. The largest absolute Gasteiger partial charge is 0.333 e. The fraction of sp³-hybridized carbons (Fsp3) is 0.375. The van der Waals surface area contributed by atoms with Crippen LogP contribution < -0.4 is 0 Å². The number of hydrogen-bond acceptors (Lipinski definition) is 3. The summed E-state index contributed by atoms with van der Waals surface area (Å²) in [5.41, 5.74) is -0.891. The number of barbiturate groups is 1. The van der Waals surface area contributed by atoms with Gasteiger partial charge in [0.05, 0.1) is 13.1 Å². The predicted molar refractivity (Wildman–Crippen MR) is 117 cm³/mol. The average Bonchev–Trinajstić information content (AvgIpc) is 2.83. The Hall–Kier alpha value is -3.23. The van der Waals surface area contributed by atoms with Crippen LogP contribution in [-0.2, 0) is 21.4 Å². The summed E-state index contributed by atoms with van der Waals surface area (Å²) in [5.74, 6) is -9.54. The second-order valence-corrected chi connectivity index (χ2v) is 6.56. The summed E-state index contributed by atoms with van der Waals surface area (Å²) in [6, 6.07) is 11.5. The van der Waals surface area contributed by atoms with E-state index in [4.69, 9.17) is 0 Å². The lowest BCUT2D eigenvalue weighted by molar-refractivity contribution is -0.149. The van der Waals surface area contributed by atoms with Crippen LogP contribution in [0, 0.1) is 0 Å². The quantitative estimate of drug-likeness (QED) is 0.398. The number of amides is 4. The summed E-state index contributed by atoms with van der Waals surface area (Å²) in [4.78, 5) is 36.9. The van der Waals surface area contributed by atoms with Crippen molar-refractivity contribution in [1.29, 1.82) is 0 Å². The molecule has 4 amide bonds. The van der Waals surface area contributed by atoms with Crippen molar-refractivity contribution in [3.05, 3.63) is 71.8 Å². The summed E-state index contributed by atoms with van der Waals surface area (Å²) in [6.07, 6.45) is -0.943. The Bertz CT molecular complexity index is 848. The molecule has 0 aromatic heterocycles. The minimum atomic E-state index is -3.61. The van der Waals surface area contributed by atoms with Gasteiger partial charge in [0.1, 0.15) is 6.42 Å². The summed E-state index contributed by atoms with van der Waals surface area (Å²) in [7, 11) is 0. The third-order valence-electron chi connectivity index (χ3n) is 4.47. The number of carbonyl (C=O) groups excluding carboxylic acids is 3. The molecule has 0 spiro atoms. The van der Waals surface area contributed by atoms with Crippen LogP contribution in [0.25, 0.3) is 0 Å². The van der Waals surface area contributed by atoms with Crippen molar-refractivity contribution in [2.24, 2.45) is 0 Å². The van der Waals surface area contributed by atoms with Gasteiger partial charge in [-0.2, -0.15) is 17.6 Å². The smallest absolute Gasteiger partial charge is 0.274 e. The zero-order valence-corrected chi connectivity index (χ0v) is 19.0. The van der Waals surface area contributed by atoms with Gasteiger partial charge in [0.25, 0.3) is 11.8 Å². The molecule has 0 bridgehead atoms. The first-order valence-electron chi connectivity index (χ1n) is 10.6. The molecule has 0 saturated carbocycles. The summed E-state index contributed by atoms with van der Waals surface area (Å²) in [5, 5.41) is 0. The summed E-state index contributed by atoms with van der Waals surface area (Å²) >= 11 is 0. The highest BCUT2D eigenvalue weighted by atomic mass is 19.3. The molecule has 0 atom stereocenters. The van der Waals surface area contributed by atoms with E-state index in [1.807, 2.05) is 27.7 Å². The number of hydrogen-bond donors (Lipinski definition) is 0. The van der Waals surface area contributed by atoms with Crippen LogP contribution in [-0.4, -0.2) is 40.7 Å². The summed E-state index contributed by atoms with van der Waals surface area (Å²) in [6.45, 7) is 5.30. The maximum absolute atomic E-state index is 14.5. The van der Waals surface area contributed by atoms with E-state index in [0.29, 0.717) is 0 Å². The maximum Gasteiger partial charge on any atom is 0.333 e. The maximum atomic E-state index is 14.5. The van der Waals surface area contributed by atoms with Crippen molar-refractivity contribution in [3.8, 4) is 0 Å². The summed E-state index contributed by atoms with van der Waals surface area (Å²) < 4.78 is 58.1. The molecule has 0 unspecified atom stereocenters. The predicted octanol–water partition coefficient (Wildman–Crippen LogP) is 5.80. The zero-order chi connectivity index (χ0) is 25.2. The monoisotopic (exact) mass is 468 g/mol. The SMILES string of the molecule is CC.CC.O=C1CC(=O)N(CC(F)(F)c2ccccc2)C(=O)N1CC(F)(F)c1ccccc1. The molecule has 180 valence electrons. The Labute approximate surface area is 191 Å². The number of urea groups is 1. The van der Waals surface area contributed by atoms with Crippen molar-refractivity contribution in [2.45, 2.75) is 46.0 Å². The van der Waals surface area contributed by atoms with Gasteiger partial charge in [0, 0.05) is 11.1 Å². The van der Waals surface area contributed by atoms with Gasteiger partial charge in [-0.1, -0.05) is 88.4 Å². The molecular formula is C24H28F4N2O3. The standard InChI is InChI=1S/C20H16F4N2O3.2C2H6/c21-19(22,14-7-3-1-4-8-14)12-25-16(27)11-17(28)26(18(25)29)13-20(23,24)15-9-5-2-6-10-15;2*1-2/h1-10H,11-13H2;2*1-2H3. The van der Waals surface area contributed by atoms with Crippen LogP contribution in [0.5, 0.6) is 0 Å². The van der Waals surface area contributed by atoms with Gasteiger partial charge in [0.15, 0.2) is 0 Å². The minimum absolute atomic E-state index is 0.148. The van der Waals surface area contributed by atoms with E-state index in [2.05, 4.69) is 0 Å². The zero-order valence-electron chi connectivity index (χ0n) is 19.0. The molecule has 5 nitrogen and oxygen atoms in total. The van der Waals surface area contributed by atoms with E-state index in [-0.39, 0.29) is 9.80 Å². The number of alkyl halides is 4. The first-order chi connectivity index (χ1) is 15.6. The Morgan fingerprint density at radius 1 is 0.636 bits per heavy atom. The van der Waals surface area contributed by atoms with E-state index in [0.717, 1.165) is 24.3 Å². The van der Waals surface area contributed by atoms with E-state index in [1.54, 1.807) is 0 Å². The van der Waals surface area contributed by atoms with E-state index < -0.39 is 60.3 Å². The number of imide groups is 2. The lowest BCUT2D eigenvalue weighted by atomic mass is 10.1. The van der Waals surface area contributed by atoms with Crippen LogP contribution in [0.2, 0.25) is 0 Å². The molecule has 33 heavy (non-hydrogen) atoms. The van der Waals surface area contributed by atoms with Crippen LogP contribution in [0.1, 0.15) is 45.2 Å². The van der Waals surface area contributed by atoms with Crippen molar-refractivity contribution in [1.82, 2.24) is 9.80 Å². The van der Waals surface area contributed by atoms with Gasteiger partial charge in [0.2, 0.25) is 11.8 Å². The van der Waals surface area contributed by atoms with E-state index in [1.165, 1.54) is 36.4 Å². The molecule has 0 N–H and O–H groups in total. The van der Waals surface area contributed by atoms with Crippen molar-refractivity contribution < 1.29 is 31.9 Å². The third kappa shape index (κ3) is 6.87. The highest BCUT2D eigenvalue weighted by Crippen LogP contribution is 2.33. The van der Waals surface area contributed by atoms with E-state index >= 15 is 0 Å². The van der Waals surface area contributed by atoms with Gasteiger partial charge in [-0.05, 0) is 0 Å². The first kappa shape index (κ1) is 27.8. The Kier molecular flexibility index (Phi) is 10.2. The minimum Gasteiger partial charge on any atom is -0.274 e. The molecule has 0 aliphatic carbocycles. The number of halogens is 4. The number of benzene rings is 2. The van der Waals surface area contributed by atoms with Crippen LogP contribution in [0.4, 0.5) is 22.4 Å². The molecule has 9 heteroatoms. The fourth-order valence-corrected chi connectivity index (χ4v) is 2.93. The Morgan fingerprint density at radius 3 is 1.24 bits per heavy atom. The normalized spacial score (nSPS) is 14.2. The van der Waals surface area contributed by atoms with Crippen LogP contribution in [0.15, 0.2) is 60.7 Å². The first-order valence-corrected chi connectivity index (χ1v) is 10.6. The second-order valence-electron chi connectivity index (χ2n) is 6.56. The van der Waals surface area contributed by atoms with Gasteiger partial charge < -0.3 is 0 Å². The molecule has 1 aliphatic rings. The second kappa shape index (κ2) is 12.1. The Morgan fingerprint density at radius 2 is 0.939 bits per heavy atom. The van der Waals surface area contributed by atoms with Crippen molar-refractivity contribution in [3.63, 3.8) is 0 Å². The van der Waals surface area contributed by atoms with E-state index in [9.17, 15) is 31.9 Å². The van der Waals surface area contributed by atoms with Gasteiger partial charge in [-0.25, -0.2) is 4.79 Å². The molecule has 1 fully saturated rings. The number of nitrogens with zero attached hydrogens (tertiary/aromatic N) is 2. The van der Waals surface area contributed by atoms with Crippen molar-refractivity contribution in [2.75, 3.05) is 13.1 Å². The lowest BCUT2D eigenvalue weighted by Crippen LogP contribution is -2.59. The number of carbonyl (C=O) groups is 3. The van der Waals surface area contributed by atoms with Crippen LogP contribution >= 0.6 is 0 Å². The number of rotatable bonds is 6. The highest BCUT2D eigenvalue weighted by Gasteiger charge is 2.47. The van der Waals surface area contributed by atoms with Gasteiger partial charge in [-0.15, -0.1) is 0 Å². The molecule has 1 aliphatic heterocycles. The van der Waals surface area contributed by atoms with Gasteiger partial charge >= 0.3 is 6.03 Å². The molecule has 2 aromatic rings.